The first-order valence-electron chi connectivity index (χ1n) is 6.84. The topological polar surface area (TPSA) is 68.9 Å². The van der Waals surface area contributed by atoms with Gasteiger partial charge in [0.25, 0.3) is 5.22 Å². The number of nitrogens with zero attached hydrogens (tertiary/aromatic N) is 3. The van der Waals surface area contributed by atoms with Crippen LogP contribution in [-0.4, -0.2) is 26.2 Å². The number of fused-ring (bicyclic) bond motifs is 1. The third-order valence-corrected chi connectivity index (χ3v) is 4.57. The molecule has 1 aliphatic carbocycles. The summed E-state index contributed by atoms with van der Waals surface area (Å²) >= 11 is 1.32. The average Bonchev–Trinajstić information content (AvgIpc) is 3.15. The summed E-state index contributed by atoms with van der Waals surface area (Å²) in [6, 6.07) is 11.4. The summed E-state index contributed by atoms with van der Waals surface area (Å²) in [5, 5.41) is 8.25. The van der Waals surface area contributed by atoms with Crippen LogP contribution in [0.4, 0.5) is 0 Å². The van der Waals surface area contributed by atoms with E-state index in [2.05, 4.69) is 15.2 Å². The number of rotatable bonds is 3. The molecule has 0 N–H and O–H groups in total. The minimum atomic E-state index is -0.195. The number of carbonyl (C=O) groups excluding carboxylic acids is 1. The number of ketones is 1. The van der Waals surface area contributed by atoms with Crippen LogP contribution in [-0.2, 0) is 6.42 Å². The van der Waals surface area contributed by atoms with Gasteiger partial charge in [0.05, 0.1) is 10.8 Å². The van der Waals surface area contributed by atoms with Crippen molar-refractivity contribution in [3.8, 4) is 11.5 Å². The molecule has 1 atom stereocenters. The van der Waals surface area contributed by atoms with E-state index in [-0.39, 0.29) is 11.0 Å². The van der Waals surface area contributed by atoms with Gasteiger partial charge in [-0.3, -0.25) is 9.78 Å². The highest BCUT2D eigenvalue weighted by Crippen LogP contribution is 2.34. The predicted molar refractivity (Wildman–Crippen MR) is 81.7 cm³/mol. The minimum absolute atomic E-state index is 0.127. The van der Waals surface area contributed by atoms with Gasteiger partial charge in [-0.2, -0.15) is 0 Å². The molecule has 4 rings (SSSR count). The monoisotopic (exact) mass is 309 g/mol. The molecular weight excluding hydrogens is 298 g/mol. The van der Waals surface area contributed by atoms with Crippen molar-refractivity contribution in [2.24, 2.45) is 0 Å². The molecule has 6 heteroatoms. The van der Waals surface area contributed by atoms with E-state index < -0.39 is 0 Å². The van der Waals surface area contributed by atoms with Crippen LogP contribution in [0.15, 0.2) is 58.4 Å². The molecule has 0 bridgehead atoms. The summed E-state index contributed by atoms with van der Waals surface area (Å²) in [7, 11) is 0. The molecule has 0 amide bonds. The Bertz CT molecular complexity index is 832. The van der Waals surface area contributed by atoms with Crippen LogP contribution in [0.2, 0.25) is 0 Å². The van der Waals surface area contributed by atoms with Crippen molar-refractivity contribution in [2.75, 3.05) is 0 Å². The third kappa shape index (κ3) is 2.31. The van der Waals surface area contributed by atoms with E-state index in [1.54, 1.807) is 12.4 Å². The fraction of sp³-hybridized carbons (Fsp3) is 0.125. The second kappa shape index (κ2) is 5.38. The molecule has 0 saturated carbocycles. The molecule has 5 nitrogen and oxygen atoms in total. The molecule has 0 spiro atoms. The Morgan fingerprint density at radius 1 is 1.14 bits per heavy atom. The van der Waals surface area contributed by atoms with E-state index in [1.807, 2.05) is 36.4 Å². The maximum absolute atomic E-state index is 12.4. The minimum Gasteiger partial charge on any atom is -0.411 e. The highest BCUT2D eigenvalue weighted by molar-refractivity contribution is 8.00. The van der Waals surface area contributed by atoms with E-state index in [0.29, 0.717) is 17.5 Å². The van der Waals surface area contributed by atoms with Crippen molar-refractivity contribution < 1.29 is 9.21 Å². The number of pyridine rings is 1. The van der Waals surface area contributed by atoms with E-state index in [9.17, 15) is 4.79 Å². The second-order valence-corrected chi connectivity index (χ2v) is 6.10. The number of aromatic nitrogens is 3. The molecule has 0 radical (unpaired) electrons. The zero-order valence-electron chi connectivity index (χ0n) is 11.5. The Morgan fingerprint density at radius 2 is 2.05 bits per heavy atom. The molecule has 1 aromatic carbocycles. The van der Waals surface area contributed by atoms with Crippen molar-refractivity contribution >= 4 is 17.5 Å². The number of hydrogen-bond acceptors (Lipinski definition) is 6. The predicted octanol–water partition coefficient (Wildman–Crippen LogP) is 3.03. The Morgan fingerprint density at radius 3 is 2.86 bits per heavy atom. The lowest BCUT2D eigenvalue weighted by Crippen LogP contribution is -2.10. The molecule has 2 heterocycles. The van der Waals surface area contributed by atoms with Gasteiger partial charge in [0.1, 0.15) is 0 Å². The van der Waals surface area contributed by atoms with Gasteiger partial charge in [-0.05, 0) is 24.1 Å². The van der Waals surface area contributed by atoms with Crippen molar-refractivity contribution in [3.63, 3.8) is 0 Å². The summed E-state index contributed by atoms with van der Waals surface area (Å²) in [4.78, 5) is 16.4. The Hall–Kier alpha value is -2.47. The SMILES string of the molecule is O=C1c2ccccc2CC1Sc1nnc(-c2cccnc2)o1. The highest BCUT2D eigenvalue weighted by atomic mass is 32.2. The van der Waals surface area contributed by atoms with Crippen LogP contribution in [0.25, 0.3) is 11.5 Å². The van der Waals surface area contributed by atoms with Gasteiger partial charge in [-0.15, -0.1) is 10.2 Å². The van der Waals surface area contributed by atoms with Crippen LogP contribution in [0.5, 0.6) is 0 Å². The standard InChI is InChI=1S/C16H11N3O2S/c20-14-12-6-2-1-4-10(12)8-13(14)22-16-19-18-15(21-16)11-5-3-7-17-9-11/h1-7,9,13H,8H2. The second-order valence-electron chi connectivity index (χ2n) is 4.95. The van der Waals surface area contributed by atoms with Crippen molar-refractivity contribution in [2.45, 2.75) is 16.9 Å². The first-order chi connectivity index (χ1) is 10.8. The van der Waals surface area contributed by atoms with Gasteiger partial charge in [0.2, 0.25) is 5.89 Å². The maximum Gasteiger partial charge on any atom is 0.277 e. The van der Waals surface area contributed by atoms with Crippen LogP contribution in [0.1, 0.15) is 15.9 Å². The van der Waals surface area contributed by atoms with Gasteiger partial charge < -0.3 is 4.42 Å². The Kier molecular flexibility index (Phi) is 3.23. The van der Waals surface area contributed by atoms with Crippen molar-refractivity contribution in [1.29, 1.82) is 0 Å². The van der Waals surface area contributed by atoms with Gasteiger partial charge in [0, 0.05) is 18.0 Å². The zero-order chi connectivity index (χ0) is 14.9. The maximum atomic E-state index is 12.4. The third-order valence-electron chi connectivity index (χ3n) is 3.54. The van der Waals surface area contributed by atoms with E-state index in [4.69, 9.17) is 4.42 Å². The lowest BCUT2D eigenvalue weighted by atomic mass is 10.1. The van der Waals surface area contributed by atoms with Gasteiger partial charge >= 0.3 is 0 Å². The quantitative estimate of drug-likeness (QED) is 0.740. The molecule has 0 aliphatic heterocycles. The summed E-state index contributed by atoms with van der Waals surface area (Å²) in [6.45, 7) is 0. The number of benzene rings is 1. The zero-order valence-corrected chi connectivity index (χ0v) is 12.3. The van der Waals surface area contributed by atoms with Crippen molar-refractivity contribution in [1.82, 2.24) is 15.2 Å². The number of carbonyl (C=O) groups is 1. The number of hydrogen-bond donors (Lipinski definition) is 0. The summed E-state index contributed by atoms with van der Waals surface area (Å²) in [6.07, 6.45) is 4.05. The van der Waals surface area contributed by atoms with E-state index in [0.717, 1.165) is 16.7 Å². The lowest BCUT2D eigenvalue weighted by molar-refractivity contribution is 0.1000. The Balaban J connectivity index is 1.54. The van der Waals surface area contributed by atoms with Crippen molar-refractivity contribution in [3.05, 3.63) is 59.9 Å². The van der Waals surface area contributed by atoms with Gasteiger partial charge in [-0.25, -0.2) is 0 Å². The molecule has 0 saturated heterocycles. The van der Waals surface area contributed by atoms with Gasteiger partial charge in [0.15, 0.2) is 5.78 Å². The number of Topliss-reactive ketones (excluding diaryl/α,β-unsaturated/α-hetero) is 1. The average molecular weight is 309 g/mol. The highest BCUT2D eigenvalue weighted by Gasteiger charge is 2.32. The molecule has 22 heavy (non-hydrogen) atoms. The fourth-order valence-corrected chi connectivity index (χ4v) is 3.44. The molecule has 108 valence electrons. The van der Waals surface area contributed by atoms with E-state index in [1.165, 1.54) is 11.8 Å². The molecule has 2 aromatic heterocycles. The summed E-state index contributed by atoms with van der Waals surface area (Å²) < 4.78 is 5.63. The lowest BCUT2D eigenvalue weighted by Gasteiger charge is -2.02. The number of thioether (sulfide) groups is 1. The van der Waals surface area contributed by atoms with Crippen LogP contribution < -0.4 is 0 Å². The molecular formula is C16H11N3O2S. The summed E-state index contributed by atoms with van der Waals surface area (Å²) in [5.41, 5.74) is 2.65. The molecule has 0 fully saturated rings. The summed E-state index contributed by atoms with van der Waals surface area (Å²) in [5.74, 6) is 0.542. The fourth-order valence-electron chi connectivity index (χ4n) is 2.48. The smallest absolute Gasteiger partial charge is 0.277 e. The molecule has 1 aliphatic rings. The first kappa shape index (κ1) is 13.2. The Labute approximate surface area is 130 Å². The van der Waals surface area contributed by atoms with E-state index >= 15 is 0 Å². The van der Waals surface area contributed by atoms with Crippen LogP contribution >= 0.6 is 11.8 Å². The first-order valence-corrected chi connectivity index (χ1v) is 7.72. The molecule has 1 unspecified atom stereocenters. The van der Waals surface area contributed by atoms with Crippen LogP contribution in [0, 0.1) is 0 Å². The normalized spacial score (nSPS) is 16.7. The largest absolute Gasteiger partial charge is 0.411 e. The van der Waals surface area contributed by atoms with Crippen LogP contribution in [0.3, 0.4) is 0 Å². The molecule has 3 aromatic rings. The van der Waals surface area contributed by atoms with Gasteiger partial charge in [-0.1, -0.05) is 36.0 Å².